The minimum atomic E-state index is -0.253. The van der Waals surface area contributed by atoms with Crippen LogP contribution in [0.1, 0.15) is 15.9 Å². The summed E-state index contributed by atoms with van der Waals surface area (Å²) in [6, 6.07) is 3.66. The van der Waals surface area contributed by atoms with Gasteiger partial charge >= 0.3 is 0 Å². The van der Waals surface area contributed by atoms with Crippen molar-refractivity contribution in [2.24, 2.45) is 7.05 Å². The maximum atomic E-state index is 12.7. The van der Waals surface area contributed by atoms with Crippen LogP contribution >= 0.6 is 0 Å². The average molecular weight is 341 g/mol. The van der Waals surface area contributed by atoms with Crippen LogP contribution < -0.4 is 10.1 Å². The number of rotatable bonds is 4. The van der Waals surface area contributed by atoms with Gasteiger partial charge in [-0.2, -0.15) is 10.2 Å². The summed E-state index contributed by atoms with van der Waals surface area (Å²) < 4.78 is 14.7. The Kier molecular flexibility index (Phi) is 3.89. The molecule has 3 aromatic heterocycles. The van der Waals surface area contributed by atoms with E-state index >= 15 is 0 Å². The molecule has 0 aromatic carbocycles. The highest BCUT2D eigenvalue weighted by Gasteiger charge is 2.32. The molecule has 0 unspecified atom stereocenters. The van der Waals surface area contributed by atoms with Crippen molar-refractivity contribution in [3.05, 3.63) is 48.0 Å². The third-order valence-electron chi connectivity index (χ3n) is 4.24. The summed E-state index contributed by atoms with van der Waals surface area (Å²) in [6.45, 7) is 2.82. The predicted octanol–water partition coefficient (Wildman–Crippen LogP) is 0.952. The Balaban J connectivity index is 1.50. The zero-order chi connectivity index (χ0) is 17.4. The third kappa shape index (κ3) is 3.08. The molecule has 25 heavy (non-hydrogen) atoms. The van der Waals surface area contributed by atoms with Gasteiger partial charge in [0.2, 0.25) is 0 Å². The van der Waals surface area contributed by atoms with Crippen LogP contribution in [-0.4, -0.2) is 50.7 Å². The van der Waals surface area contributed by atoms with Gasteiger partial charge in [0.25, 0.3) is 5.91 Å². The van der Waals surface area contributed by atoms with E-state index in [1.807, 2.05) is 32.3 Å². The third-order valence-corrected chi connectivity index (χ3v) is 4.24. The molecule has 1 fully saturated rings. The molecular weight excluding hydrogens is 322 g/mol. The highest BCUT2D eigenvalue weighted by atomic mass is 16.5. The topological polar surface area (TPSA) is 82.7 Å². The summed E-state index contributed by atoms with van der Waals surface area (Å²) in [5.41, 5.74) is 2.39. The molecule has 4 heterocycles. The molecule has 4 rings (SSSR count). The van der Waals surface area contributed by atoms with Crippen molar-refractivity contribution in [3.63, 3.8) is 0 Å². The molecule has 130 valence electrons. The molecule has 1 saturated heterocycles. The molecule has 1 aliphatic rings. The van der Waals surface area contributed by atoms with E-state index in [1.165, 1.54) is 0 Å². The number of hydrogen-bond donors (Lipinski definition) is 1. The van der Waals surface area contributed by atoms with Gasteiger partial charge in [0.1, 0.15) is 6.10 Å². The summed E-state index contributed by atoms with van der Waals surface area (Å²) in [7, 11) is 1.82. The lowest BCUT2D eigenvalue weighted by Crippen LogP contribution is -2.45. The fourth-order valence-electron chi connectivity index (χ4n) is 2.93. The number of ether oxygens (including phenoxy) is 2. The summed E-state index contributed by atoms with van der Waals surface area (Å²) in [6.07, 6.45) is 6.60. The highest BCUT2D eigenvalue weighted by molar-refractivity contribution is 6.00. The Bertz CT molecular complexity index is 916. The molecule has 0 radical (unpaired) electrons. The predicted molar refractivity (Wildman–Crippen MR) is 89.6 cm³/mol. The number of aryl methyl sites for hydroxylation is 2. The van der Waals surface area contributed by atoms with E-state index in [0.717, 1.165) is 11.1 Å². The first-order valence-electron chi connectivity index (χ1n) is 8.08. The average Bonchev–Trinajstić information content (AvgIpc) is 3.28. The summed E-state index contributed by atoms with van der Waals surface area (Å²) in [4.78, 5) is 12.7. The summed E-state index contributed by atoms with van der Waals surface area (Å²) >= 11 is 0. The standard InChI is InChI=1S/C17H19N5O3/c1-11-3-4-22-15(5-11)13(7-19-22)17(23)20-14-9-24-10-16(14)25-12-6-18-21(2)8-12/h3-8,14,16H,9-10H2,1-2H3,(H,20,23)/t14-,16+/m0/s1. The van der Waals surface area contributed by atoms with Crippen LogP contribution in [-0.2, 0) is 11.8 Å². The lowest BCUT2D eigenvalue weighted by atomic mass is 10.1. The highest BCUT2D eigenvalue weighted by Crippen LogP contribution is 2.18. The minimum absolute atomic E-state index is 0.184. The molecule has 2 atom stereocenters. The van der Waals surface area contributed by atoms with Crippen molar-refractivity contribution < 1.29 is 14.3 Å². The molecule has 8 heteroatoms. The molecule has 0 aliphatic carbocycles. The second-order valence-electron chi connectivity index (χ2n) is 6.22. The lowest BCUT2D eigenvalue weighted by Gasteiger charge is -2.19. The van der Waals surface area contributed by atoms with E-state index in [9.17, 15) is 4.79 Å². The Hall–Kier alpha value is -2.87. The van der Waals surface area contributed by atoms with Crippen molar-refractivity contribution in [2.45, 2.75) is 19.1 Å². The second kappa shape index (κ2) is 6.21. The number of hydrogen-bond acceptors (Lipinski definition) is 5. The molecule has 0 saturated carbocycles. The number of pyridine rings is 1. The van der Waals surface area contributed by atoms with Crippen molar-refractivity contribution in [3.8, 4) is 5.75 Å². The molecule has 3 aromatic rings. The van der Waals surface area contributed by atoms with Crippen molar-refractivity contribution in [1.29, 1.82) is 0 Å². The van der Waals surface area contributed by atoms with Crippen LogP contribution in [0.2, 0.25) is 0 Å². The molecule has 0 bridgehead atoms. The largest absolute Gasteiger partial charge is 0.482 e. The van der Waals surface area contributed by atoms with Gasteiger partial charge in [0.05, 0.1) is 48.9 Å². The van der Waals surface area contributed by atoms with Gasteiger partial charge in [-0.1, -0.05) is 0 Å². The van der Waals surface area contributed by atoms with Crippen LogP contribution in [0.15, 0.2) is 36.9 Å². The van der Waals surface area contributed by atoms with Crippen LogP contribution in [0, 0.1) is 6.92 Å². The first-order valence-corrected chi connectivity index (χ1v) is 8.08. The summed E-state index contributed by atoms with van der Waals surface area (Å²) in [5, 5.41) is 11.3. The van der Waals surface area contributed by atoms with Gasteiger partial charge in [-0.3, -0.25) is 9.48 Å². The maximum Gasteiger partial charge on any atom is 0.255 e. The van der Waals surface area contributed by atoms with Gasteiger partial charge in [-0.15, -0.1) is 0 Å². The van der Waals surface area contributed by atoms with Crippen molar-refractivity contribution in [1.82, 2.24) is 24.7 Å². The van der Waals surface area contributed by atoms with Gasteiger partial charge < -0.3 is 14.8 Å². The number of aromatic nitrogens is 4. The number of amides is 1. The van der Waals surface area contributed by atoms with Gasteiger partial charge in [0.15, 0.2) is 5.75 Å². The number of nitrogens with one attached hydrogen (secondary N) is 1. The van der Waals surface area contributed by atoms with Crippen LogP contribution in [0.3, 0.4) is 0 Å². The zero-order valence-corrected chi connectivity index (χ0v) is 14.0. The van der Waals surface area contributed by atoms with E-state index in [1.54, 1.807) is 27.8 Å². The number of nitrogens with zero attached hydrogens (tertiary/aromatic N) is 4. The lowest BCUT2D eigenvalue weighted by molar-refractivity contribution is 0.0905. The Morgan fingerprint density at radius 2 is 2.24 bits per heavy atom. The Morgan fingerprint density at radius 1 is 1.36 bits per heavy atom. The minimum Gasteiger partial charge on any atom is -0.482 e. The Labute approximate surface area is 144 Å². The molecule has 0 spiro atoms. The second-order valence-corrected chi connectivity index (χ2v) is 6.22. The SMILES string of the molecule is Cc1ccn2ncc(C(=O)N[C@H]3COC[C@H]3Oc3cnn(C)c3)c2c1. The van der Waals surface area contributed by atoms with Crippen LogP contribution in [0.5, 0.6) is 5.75 Å². The van der Waals surface area contributed by atoms with Crippen LogP contribution in [0.4, 0.5) is 0 Å². The zero-order valence-electron chi connectivity index (χ0n) is 14.0. The quantitative estimate of drug-likeness (QED) is 0.764. The molecule has 1 N–H and O–H groups in total. The Morgan fingerprint density at radius 3 is 3.04 bits per heavy atom. The van der Waals surface area contributed by atoms with E-state index in [-0.39, 0.29) is 18.1 Å². The maximum absolute atomic E-state index is 12.7. The smallest absolute Gasteiger partial charge is 0.255 e. The van der Waals surface area contributed by atoms with E-state index in [4.69, 9.17) is 9.47 Å². The van der Waals surface area contributed by atoms with Gasteiger partial charge in [-0.05, 0) is 24.6 Å². The molecule has 1 amide bonds. The number of fused-ring (bicyclic) bond motifs is 1. The first-order chi connectivity index (χ1) is 12.1. The normalized spacial score (nSPS) is 20.1. The number of carbonyl (C=O) groups excluding carboxylic acids is 1. The monoisotopic (exact) mass is 341 g/mol. The molecular formula is C17H19N5O3. The fraction of sp³-hybridized carbons (Fsp3) is 0.353. The van der Waals surface area contributed by atoms with Crippen molar-refractivity contribution in [2.75, 3.05) is 13.2 Å². The van der Waals surface area contributed by atoms with E-state index in [2.05, 4.69) is 15.5 Å². The number of carbonyl (C=O) groups is 1. The fourth-order valence-corrected chi connectivity index (χ4v) is 2.93. The van der Waals surface area contributed by atoms with E-state index < -0.39 is 0 Å². The van der Waals surface area contributed by atoms with Gasteiger partial charge in [-0.25, -0.2) is 4.52 Å². The van der Waals surface area contributed by atoms with Crippen LogP contribution in [0.25, 0.3) is 5.52 Å². The summed E-state index contributed by atoms with van der Waals surface area (Å²) in [5.74, 6) is 0.472. The molecule has 8 nitrogen and oxygen atoms in total. The molecule has 1 aliphatic heterocycles. The van der Waals surface area contributed by atoms with Gasteiger partial charge in [0, 0.05) is 13.2 Å². The first kappa shape index (κ1) is 15.6. The van der Waals surface area contributed by atoms with E-state index in [0.29, 0.717) is 24.5 Å². The van der Waals surface area contributed by atoms with Crippen molar-refractivity contribution >= 4 is 11.4 Å².